The minimum atomic E-state index is -0.874. The first-order valence-electron chi connectivity index (χ1n) is 17.0. The lowest BCUT2D eigenvalue weighted by Crippen LogP contribution is -2.16. The van der Waals surface area contributed by atoms with Crippen LogP contribution in [0.1, 0.15) is 25.7 Å². The van der Waals surface area contributed by atoms with E-state index in [4.69, 9.17) is 52.5 Å². The highest BCUT2D eigenvalue weighted by Gasteiger charge is 2.19. The zero-order valence-electron chi connectivity index (χ0n) is 29.6. The molecule has 20 nitrogen and oxygen atoms in total. The first-order valence-corrected chi connectivity index (χ1v) is 17.0. The molecule has 0 atom stereocenters. The van der Waals surface area contributed by atoms with Crippen molar-refractivity contribution in [2.45, 2.75) is 25.7 Å². The summed E-state index contributed by atoms with van der Waals surface area (Å²) in [5, 5.41) is 33.3. The van der Waals surface area contributed by atoms with E-state index in [0.717, 1.165) is 6.07 Å². The summed E-state index contributed by atoms with van der Waals surface area (Å²) in [6.07, 6.45) is 1.18. The average Bonchev–Trinajstić information content (AvgIpc) is 3.12. The van der Waals surface area contributed by atoms with Crippen molar-refractivity contribution in [3.8, 4) is 0 Å². The maximum Gasteiger partial charge on any atom is 0.305 e. The molecule has 0 aliphatic rings. The largest absolute Gasteiger partial charge is 0.481 e. The number of non-ortho nitro benzene ring substituents is 1. The van der Waals surface area contributed by atoms with Crippen LogP contribution >= 0.6 is 0 Å². The van der Waals surface area contributed by atoms with Crippen molar-refractivity contribution in [1.29, 1.82) is 0 Å². The van der Waals surface area contributed by atoms with Gasteiger partial charge in [-0.1, -0.05) is 0 Å². The van der Waals surface area contributed by atoms with Gasteiger partial charge in [0.1, 0.15) is 12.3 Å². The topological polar surface area (TPSA) is 245 Å². The van der Waals surface area contributed by atoms with Crippen molar-refractivity contribution in [2.75, 3.05) is 137 Å². The minimum absolute atomic E-state index is 0.0479. The number of benzene rings is 1. The lowest BCUT2D eigenvalue weighted by atomic mass is 10.2. The third-order valence-electron chi connectivity index (χ3n) is 6.44. The second-order valence-electron chi connectivity index (χ2n) is 10.5. The van der Waals surface area contributed by atoms with Gasteiger partial charge in [0.05, 0.1) is 135 Å². The highest BCUT2D eigenvalue weighted by atomic mass is 16.6. The average molecular weight is 752 g/mol. The fraction of sp³-hybridized carbons (Fsp3) is 0.750. The monoisotopic (exact) mass is 751 g/mol. The Morgan fingerprint density at radius 1 is 0.558 bits per heavy atom. The molecular weight excluding hydrogens is 698 g/mol. The van der Waals surface area contributed by atoms with Gasteiger partial charge in [-0.25, -0.2) is 0 Å². The molecule has 0 amide bonds. The molecule has 298 valence electrons. The molecule has 0 radical (unpaired) electrons. The highest BCUT2D eigenvalue weighted by Crippen LogP contribution is 2.28. The van der Waals surface area contributed by atoms with Crippen LogP contribution in [0.2, 0.25) is 0 Å². The molecule has 20 heteroatoms. The van der Waals surface area contributed by atoms with Crippen molar-refractivity contribution in [3.05, 3.63) is 38.4 Å². The Balaban J connectivity index is 1.73. The minimum Gasteiger partial charge on any atom is -0.481 e. The molecule has 0 aliphatic heterocycles. The number of hydrogen-bond acceptors (Lipinski definition) is 17. The van der Waals surface area contributed by atoms with Gasteiger partial charge in [-0.15, -0.1) is 0 Å². The van der Waals surface area contributed by atoms with Crippen molar-refractivity contribution in [2.24, 2.45) is 0 Å². The Morgan fingerprint density at radius 3 is 1.33 bits per heavy atom. The molecule has 0 saturated carbocycles. The number of carbonyl (C=O) groups is 2. The van der Waals surface area contributed by atoms with Crippen molar-refractivity contribution < 1.29 is 71.9 Å². The van der Waals surface area contributed by atoms with Crippen LogP contribution in [0.3, 0.4) is 0 Å². The number of carboxylic acids is 1. The van der Waals surface area contributed by atoms with Crippen LogP contribution in [-0.4, -0.2) is 159 Å². The molecule has 52 heavy (non-hydrogen) atoms. The second kappa shape index (κ2) is 33.3. The van der Waals surface area contributed by atoms with Crippen LogP contribution in [0, 0.1) is 20.2 Å². The second-order valence-corrected chi connectivity index (χ2v) is 10.5. The summed E-state index contributed by atoms with van der Waals surface area (Å²) < 4.78 is 53.7. The van der Waals surface area contributed by atoms with Crippen LogP contribution in [0.4, 0.5) is 17.1 Å². The molecule has 1 aromatic rings. The van der Waals surface area contributed by atoms with Gasteiger partial charge in [-0.2, -0.15) is 0 Å². The zero-order chi connectivity index (χ0) is 37.9. The van der Waals surface area contributed by atoms with Gasteiger partial charge in [0, 0.05) is 25.5 Å². The van der Waals surface area contributed by atoms with Gasteiger partial charge in [-0.3, -0.25) is 29.8 Å². The smallest absolute Gasteiger partial charge is 0.305 e. The van der Waals surface area contributed by atoms with Gasteiger partial charge in [0.25, 0.3) is 11.4 Å². The van der Waals surface area contributed by atoms with E-state index in [1.165, 1.54) is 12.1 Å². The Bertz CT molecular complexity index is 1100. The number of esters is 1. The molecule has 0 aliphatic carbocycles. The van der Waals surface area contributed by atoms with Crippen LogP contribution in [0.25, 0.3) is 0 Å². The lowest BCUT2D eigenvalue weighted by Gasteiger charge is -2.09. The van der Waals surface area contributed by atoms with Crippen molar-refractivity contribution in [3.63, 3.8) is 0 Å². The molecule has 1 aromatic carbocycles. The first-order chi connectivity index (χ1) is 25.3. The molecule has 0 aromatic heterocycles. The number of nitro benzene ring substituents is 2. The van der Waals surface area contributed by atoms with E-state index >= 15 is 0 Å². The van der Waals surface area contributed by atoms with Gasteiger partial charge in [-0.05, 0) is 18.9 Å². The van der Waals surface area contributed by atoms with Crippen LogP contribution in [-0.2, 0) is 57.0 Å². The number of anilines is 1. The normalized spacial score (nSPS) is 11.1. The van der Waals surface area contributed by atoms with Gasteiger partial charge < -0.3 is 57.8 Å². The molecule has 0 spiro atoms. The maximum atomic E-state index is 11.5. The number of aliphatic carboxylic acids is 1. The quantitative estimate of drug-likeness (QED) is 0.0426. The number of carboxylic acid groups (broad SMARTS) is 1. The van der Waals surface area contributed by atoms with Crippen LogP contribution in [0.15, 0.2) is 18.2 Å². The Kier molecular flexibility index (Phi) is 29.7. The zero-order valence-corrected chi connectivity index (χ0v) is 29.6. The van der Waals surface area contributed by atoms with E-state index < -0.39 is 15.8 Å². The lowest BCUT2D eigenvalue weighted by molar-refractivity contribution is -0.393. The van der Waals surface area contributed by atoms with E-state index in [0.29, 0.717) is 119 Å². The SMILES string of the molecule is O=C(O)CCCCC(=O)OCCOCCOCCOCCOCCOCCOCCOCCOCCOCCNc1ccc([N+](=O)[O-])cc1[N+](=O)[O-]. The number of nitrogens with one attached hydrogen (secondary N) is 1. The van der Waals surface area contributed by atoms with E-state index in [2.05, 4.69) is 5.32 Å². The van der Waals surface area contributed by atoms with Crippen LogP contribution < -0.4 is 5.32 Å². The van der Waals surface area contributed by atoms with Gasteiger partial charge in [0.2, 0.25) is 0 Å². The molecule has 1 rings (SSSR count). The van der Waals surface area contributed by atoms with E-state index in [1.54, 1.807) is 0 Å². The first kappa shape index (κ1) is 46.4. The molecule has 0 unspecified atom stereocenters. The Labute approximate surface area is 302 Å². The fourth-order valence-electron chi connectivity index (χ4n) is 3.89. The summed E-state index contributed by atoms with van der Waals surface area (Å²) in [6, 6.07) is 3.41. The number of nitro groups is 2. The predicted molar refractivity (Wildman–Crippen MR) is 183 cm³/mol. The number of hydrogen-bond donors (Lipinski definition) is 2. The number of unbranched alkanes of at least 4 members (excludes halogenated alkanes) is 1. The van der Waals surface area contributed by atoms with E-state index in [1.807, 2.05) is 0 Å². The molecule has 0 saturated heterocycles. The van der Waals surface area contributed by atoms with E-state index in [-0.39, 0.29) is 62.2 Å². The summed E-state index contributed by atoms with van der Waals surface area (Å²) in [6.45, 7) is 7.49. The predicted octanol–water partition coefficient (Wildman–Crippen LogP) is 2.25. The third-order valence-corrected chi connectivity index (χ3v) is 6.44. The Morgan fingerprint density at radius 2 is 0.942 bits per heavy atom. The number of carbonyl (C=O) groups excluding carboxylic acids is 1. The summed E-state index contributed by atoms with van der Waals surface area (Å²) in [5.74, 6) is -1.24. The van der Waals surface area contributed by atoms with Crippen LogP contribution in [0.5, 0.6) is 0 Å². The van der Waals surface area contributed by atoms with E-state index in [9.17, 15) is 29.8 Å². The summed E-state index contributed by atoms with van der Waals surface area (Å²) in [4.78, 5) is 42.5. The summed E-state index contributed by atoms with van der Waals surface area (Å²) in [5.41, 5.74) is -0.550. The standard InChI is InChI=1S/C32H53N3O17/c36-31(37)3-1-2-4-32(38)52-26-25-51-24-23-50-22-21-49-20-19-48-18-17-47-16-15-46-14-13-45-12-11-44-10-9-43-8-7-33-29-6-5-28(34(39)40)27-30(29)35(41)42/h5-6,27,33H,1-4,7-26H2,(H,36,37). The Hall–Kier alpha value is -3.60. The molecule has 0 heterocycles. The fourth-order valence-corrected chi connectivity index (χ4v) is 3.89. The molecule has 0 bridgehead atoms. The molecular formula is C32H53N3O17. The van der Waals surface area contributed by atoms with Crippen molar-refractivity contribution >= 4 is 29.0 Å². The molecule has 2 N–H and O–H groups in total. The summed E-state index contributed by atoms with van der Waals surface area (Å²) in [7, 11) is 0. The van der Waals surface area contributed by atoms with Crippen molar-refractivity contribution in [1.82, 2.24) is 0 Å². The maximum absolute atomic E-state index is 11.5. The van der Waals surface area contributed by atoms with Gasteiger partial charge >= 0.3 is 11.9 Å². The number of ether oxygens (including phenoxy) is 10. The number of rotatable bonds is 38. The third kappa shape index (κ3) is 28.0. The van der Waals surface area contributed by atoms with Gasteiger partial charge in [0.15, 0.2) is 0 Å². The highest BCUT2D eigenvalue weighted by molar-refractivity contribution is 5.69. The molecule has 0 fully saturated rings. The summed E-state index contributed by atoms with van der Waals surface area (Å²) >= 11 is 0. The number of nitrogens with zero attached hydrogens (tertiary/aromatic N) is 2.